The quantitative estimate of drug-likeness (QED) is 0.427. The van der Waals surface area contributed by atoms with E-state index in [9.17, 15) is 20.1 Å². The molecule has 3 N–H and O–H groups in total. The standard InChI is InChI=1S/C12H16O6/c1-2-3-4-7(13)5-6(12(16)17-4)9(15)11-10(18-11)8(5)14/h4,7-11,13-15H,2-3H2,1H3. The van der Waals surface area contributed by atoms with Crippen molar-refractivity contribution in [1.29, 1.82) is 0 Å². The third-order valence-electron chi connectivity index (χ3n) is 3.83. The Bertz CT molecular complexity index is 417. The summed E-state index contributed by atoms with van der Waals surface area (Å²) in [5, 5.41) is 30.2. The first kappa shape index (κ1) is 12.1. The Kier molecular flexibility index (Phi) is 2.71. The van der Waals surface area contributed by atoms with Crippen LogP contribution in [0.3, 0.4) is 0 Å². The topological polar surface area (TPSA) is 99.5 Å². The van der Waals surface area contributed by atoms with Crippen LogP contribution in [0.25, 0.3) is 0 Å². The highest BCUT2D eigenvalue weighted by Gasteiger charge is 2.60. The van der Waals surface area contributed by atoms with Gasteiger partial charge in [-0.1, -0.05) is 13.3 Å². The Morgan fingerprint density at radius 1 is 1.11 bits per heavy atom. The molecule has 1 saturated heterocycles. The van der Waals surface area contributed by atoms with Crippen LogP contribution in [0.5, 0.6) is 0 Å². The zero-order chi connectivity index (χ0) is 13.0. The Hall–Kier alpha value is -0.950. The Morgan fingerprint density at radius 2 is 1.78 bits per heavy atom. The molecule has 6 nitrogen and oxygen atoms in total. The van der Waals surface area contributed by atoms with Crippen molar-refractivity contribution in [1.82, 2.24) is 0 Å². The van der Waals surface area contributed by atoms with Gasteiger partial charge in [0.2, 0.25) is 0 Å². The molecule has 3 rings (SSSR count). The van der Waals surface area contributed by atoms with Gasteiger partial charge in [-0.2, -0.15) is 0 Å². The fourth-order valence-corrected chi connectivity index (χ4v) is 2.86. The van der Waals surface area contributed by atoms with Gasteiger partial charge in [-0.3, -0.25) is 0 Å². The number of esters is 1. The molecule has 100 valence electrons. The van der Waals surface area contributed by atoms with Crippen LogP contribution in [0.1, 0.15) is 19.8 Å². The predicted octanol–water partition coefficient (Wildman–Crippen LogP) is -1.13. The summed E-state index contributed by atoms with van der Waals surface area (Å²) in [5.74, 6) is -0.658. The average Bonchev–Trinajstić information content (AvgIpc) is 3.11. The normalized spacial score (nSPS) is 46.3. The maximum Gasteiger partial charge on any atom is 0.337 e. The van der Waals surface area contributed by atoms with E-state index in [1.54, 1.807) is 0 Å². The van der Waals surface area contributed by atoms with Crippen LogP contribution in [0, 0.1) is 0 Å². The molecule has 0 radical (unpaired) electrons. The van der Waals surface area contributed by atoms with Crippen molar-refractivity contribution in [2.75, 3.05) is 0 Å². The first-order chi connectivity index (χ1) is 8.56. The molecule has 0 aromatic heterocycles. The first-order valence-electron chi connectivity index (χ1n) is 6.20. The number of fused-ring (bicyclic) bond motifs is 1. The summed E-state index contributed by atoms with van der Waals surface area (Å²) in [6, 6.07) is 0. The summed E-state index contributed by atoms with van der Waals surface area (Å²) in [5.41, 5.74) is 0.150. The average molecular weight is 256 g/mol. The van der Waals surface area contributed by atoms with E-state index >= 15 is 0 Å². The lowest BCUT2D eigenvalue weighted by Crippen LogP contribution is -2.50. The van der Waals surface area contributed by atoms with Crippen molar-refractivity contribution < 1.29 is 29.6 Å². The van der Waals surface area contributed by atoms with Crippen LogP contribution in [0.2, 0.25) is 0 Å². The van der Waals surface area contributed by atoms with Gasteiger partial charge in [0.05, 0.1) is 5.57 Å². The number of hydrogen-bond donors (Lipinski definition) is 3. The van der Waals surface area contributed by atoms with Crippen LogP contribution in [-0.2, 0) is 14.3 Å². The van der Waals surface area contributed by atoms with Gasteiger partial charge in [0.1, 0.15) is 36.6 Å². The maximum atomic E-state index is 11.9. The van der Waals surface area contributed by atoms with Crippen molar-refractivity contribution in [3.05, 3.63) is 11.1 Å². The minimum atomic E-state index is -1.11. The number of epoxide rings is 1. The van der Waals surface area contributed by atoms with E-state index in [0.29, 0.717) is 6.42 Å². The molecule has 0 spiro atoms. The highest BCUT2D eigenvalue weighted by atomic mass is 16.6. The number of rotatable bonds is 2. The van der Waals surface area contributed by atoms with E-state index in [2.05, 4.69) is 0 Å². The van der Waals surface area contributed by atoms with Crippen molar-refractivity contribution in [2.24, 2.45) is 0 Å². The molecule has 0 aromatic carbocycles. The van der Waals surface area contributed by atoms with E-state index in [1.165, 1.54) is 0 Å². The van der Waals surface area contributed by atoms with E-state index < -0.39 is 42.6 Å². The van der Waals surface area contributed by atoms with Gasteiger partial charge in [0, 0.05) is 5.57 Å². The molecular weight excluding hydrogens is 240 g/mol. The van der Waals surface area contributed by atoms with Gasteiger partial charge in [-0.25, -0.2) is 4.79 Å². The summed E-state index contributed by atoms with van der Waals surface area (Å²) < 4.78 is 10.2. The monoisotopic (exact) mass is 256 g/mol. The number of aliphatic hydroxyl groups is 3. The van der Waals surface area contributed by atoms with E-state index in [4.69, 9.17) is 9.47 Å². The largest absolute Gasteiger partial charge is 0.456 e. The number of ether oxygens (including phenoxy) is 2. The van der Waals surface area contributed by atoms with Crippen molar-refractivity contribution in [3.63, 3.8) is 0 Å². The lowest BCUT2D eigenvalue weighted by Gasteiger charge is -2.36. The number of hydrogen-bond acceptors (Lipinski definition) is 6. The van der Waals surface area contributed by atoms with Crippen molar-refractivity contribution in [2.45, 2.75) is 56.4 Å². The fourth-order valence-electron chi connectivity index (χ4n) is 2.86. The van der Waals surface area contributed by atoms with Gasteiger partial charge in [0.25, 0.3) is 0 Å². The Morgan fingerprint density at radius 3 is 2.44 bits per heavy atom. The lowest BCUT2D eigenvalue weighted by atomic mass is 9.80. The molecule has 0 aromatic rings. The molecule has 6 unspecified atom stereocenters. The summed E-state index contributed by atoms with van der Waals surface area (Å²) in [4.78, 5) is 11.9. The fraction of sp³-hybridized carbons (Fsp3) is 0.750. The minimum Gasteiger partial charge on any atom is -0.456 e. The van der Waals surface area contributed by atoms with Gasteiger partial charge in [-0.15, -0.1) is 0 Å². The van der Waals surface area contributed by atoms with E-state index in [1.807, 2.05) is 6.92 Å². The molecule has 0 saturated carbocycles. The van der Waals surface area contributed by atoms with Gasteiger partial charge < -0.3 is 24.8 Å². The minimum absolute atomic E-state index is 0.0268. The van der Waals surface area contributed by atoms with E-state index in [0.717, 1.165) is 6.42 Å². The molecule has 0 amide bonds. The summed E-state index contributed by atoms with van der Waals surface area (Å²) in [6.07, 6.45) is -3.66. The zero-order valence-electron chi connectivity index (χ0n) is 9.94. The predicted molar refractivity (Wildman–Crippen MR) is 58.5 cm³/mol. The number of aliphatic hydroxyl groups excluding tert-OH is 3. The van der Waals surface area contributed by atoms with Crippen LogP contribution in [-0.4, -0.2) is 57.9 Å². The lowest BCUT2D eigenvalue weighted by molar-refractivity contribution is -0.155. The summed E-state index contributed by atoms with van der Waals surface area (Å²) >= 11 is 0. The molecule has 2 heterocycles. The second-order valence-corrected chi connectivity index (χ2v) is 5.00. The molecule has 6 heteroatoms. The number of cyclic esters (lactones) is 1. The Labute approximate surface area is 104 Å². The van der Waals surface area contributed by atoms with Crippen molar-refractivity contribution in [3.8, 4) is 0 Å². The second kappa shape index (κ2) is 4.03. The molecular formula is C12H16O6. The summed E-state index contributed by atoms with van der Waals surface area (Å²) in [6.45, 7) is 1.91. The highest BCUT2D eigenvalue weighted by molar-refractivity contribution is 5.93. The van der Waals surface area contributed by atoms with Gasteiger partial charge in [-0.05, 0) is 6.42 Å². The maximum absolute atomic E-state index is 11.9. The van der Waals surface area contributed by atoms with Gasteiger partial charge >= 0.3 is 5.97 Å². The molecule has 6 atom stereocenters. The van der Waals surface area contributed by atoms with Gasteiger partial charge in [0.15, 0.2) is 0 Å². The Balaban J connectivity index is 1.99. The molecule has 2 aliphatic heterocycles. The number of carbonyl (C=O) groups excluding carboxylic acids is 1. The van der Waals surface area contributed by atoms with E-state index in [-0.39, 0.29) is 11.1 Å². The smallest absolute Gasteiger partial charge is 0.337 e. The molecule has 1 aliphatic carbocycles. The molecule has 3 aliphatic rings. The highest BCUT2D eigenvalue weighted by Crippen LogP contribution is 2.44. The molecule has 1 fully saturated rings. The first-order valence-corrected chi connectivity index (χ1v) is 6.20. The second-order valence-electron chi connectivity index (χ2n) is 5.00. The van der Waals surface area contributed by atoms with Crippen molar-refractivity contribution >= 4 is 5.97 Å². The molecule has 18 heavy (non-hydrogen) atoms. The van der Waals surface area contributed by atoms with Crippen LogP contribution in [0.15, 0.2) is 11.1 Å². The van der Waals surface area contributed by atoms with Crippen LogP contribution < -0.4 is 0 Å². The third-order valence-corrected chi connectivity index (χ3v) is 3.83. The SMILES string of the molecule is CCCC1OC(=O)C2=C(C1O)C(O)C1OC1C2O. The summed E-state index contributed by atoms with van der Waals surface area (Å²) in [7, 11) is 0. The van der Waals surface area contributed by atoms with Crippen LogP contribution in [0.4, 0.5) is 0 Å². The zero-order valence-corrected chi connectivity index (χ0v) is 9.94. The van der Waals surface area contributed by atoms with Crippen LogP contribution >= 0.6 is 0 Å². The number of carbonyl (C=O) groups is 1. The molecule has 0 bridgehead atoms. The third kappa shape index (κ3) is 1.53.